The summed E-state index contributed by atoms with van der Waals surface area (Å²) in [5.74, 6) is 0.679. The number of aromatic nitrogens is 2. The Morgan fingerprint density at radius 3 is 2.88 bits per heavy atom. The molecule has 0 fully saturated rings. The van der Waals surface area contributed by atoms with Crippen molar-refractivity contribution in [3.05, 3.63) is 12.4 Å². The lowest BCUT2D eigenvalue weighted by Gasteiger charge is -2.03. The number of nitrogens with zero attached hydrogens (tertiary/aromatic N) is 2. The van der Waals surface area contributed by atoms with Crippen molar-refractivity contribution in [3.63, 3.8) is 0 Å². The molecule has 0 saturated carbocycles. The van der Waals surface area contributed by atoms with Gasteiger partial charge < -0.3 is 9.47 Å². The molecule has 0 saturated heterocycles. The van der Waals surface area contributed by atoms with Crippen molar-refractivity contribution in [2.75, 3.05) is 13.2 Å². The van der Waals surface area contributed by atoms with Gasteiger partial charge in [0.1, 0.15) is 0 Å². The van der Waals surface area contributed by atoms with Crippen LogP contribution in [0.3, 0.4) is 0 Å². The average Bonchev–Trinajstić information content (AvgIpc) is 2.70. The van der Waals surface area contributed by atoms with E-state index in [0.717, 1.165) is 25.0 Å². The first-order valence-electron chi connectivity index (χ1n) is 5.99. The van der Waals surface area contributed by atoms with Gasteiger partial charge in [-0.15, -0.1) is 0 Å². The van der Waals surface area contributed by atoms with E-state index in [-0.39, 0.29) is 5.97 Å². The molecule has 0 unspecified atom stereocenters. The molecule has 1 heterocycles. The molecular formula is C12H20N2O3. The van der Waals surface area contributed by atoms with E-state index in [0.29, 0.717) is 19.6 Å². The highest BCUT2D eigenvalue weighted by Gasteiger charge is 2.01. The van der Waals surface area contributed by atoms with Crippen LogP contribution >= 0.6 is 0 Å². The van der Waals surface area contributed by atoms with Crippen LogP contribution in [0.5, 0.6) is 5.75 Å². The van der Waals surface area contributed by atoms with E-state index in [1.54, 1.807) is 10.9 Å². The van der Waals surface area contributed by atoms with Crippen molar-refractivity contribution < 1.29 is 14.3 Å². The Balaban J connectivity index is 1.96. The molecule has 0 amide bonds. The number of carbonyl (C=O) groups excluding carboxylic acids is 1. The average molecular weight is 240 g/mol. The number of aryl methyl sites for hydroxylation is 1. The Labute approximate surface area is 102 Å². The van der Waals surface area contributed by atoms with Gasteiger partial charge in [0.25, 0.3) is 0 Å². The number of ether oxygens (including phenoxy) is 2. The smallest absolute Gasteiger partial charge is 0.305 e. The Hall–Kier alpha value is -1.52. The predicted molar refractivity (Wildman–Crippen MR) is 63.8 cm³/mol. The highest BCUT2D eigenvalue weighted by Crippen LogP contribution is 2.08. The van der Waals surface area contributed by atoms with Crippen LogP contribution in [0.1, 0.15) is 32.6 Å². The third kappa shape index (κ3) is 5.94. The Bertz CT molecular complexity index is 336. The third-order valence-corrected chi connectivity index (χ3v) is 2.28. The van der Waals surface area contributed by atoms with Crippen LogP contribution in [0.4, 0.5) is 0 Å². The zero-order chi connectivity index (χ0) is 12.5. The standard InChI is InChI=1S/C12H20N2O3/c1-3-16-12(15)7-5-4-6-8-17-11-9-13-14(2)10-11/h9-10H,3-8H2,1-2H3. The summed E-state index contributed by atoms with van der Waals surface area (Å²) in [7, 11) is 1.85. The first kappa shape index (κ1) is 13.5. The lowest BCUT2D eigenvalue weighted by Crippen LogP contribution is -2.04. The van der Waals surface area contributed by atoms with Crippen LogP contribution < -0.4 is 4.74 Å². The van der Waals surface area contributed by atoms with Crippen LogP contribution in [0.25, 0.3) is 0 Å². The van der Waals surface area contributed by atoms with E-state index in [4.69, 9.17) is 9.47 Å². The van der Waals surface area contributed by atoms with Gasteiger partial charge >= 0.3 is 5.97 Å². The highest BCUT2D eigenvalue weighted by molar-refractivity contribution is 5.69. The zero-order valence-electron chi connectivity index (χ0n) is 10.5. The molecule has 5 heteroatoms. The molecule has 0 aliphatic rings. The lowest BCUT2D eigenvalue weighted by molar-refractivity contribution is -0.143. The summed E-state index contributed by atoms with van der Waals surface area (Å²) in [4.78, 5) is 11.0. The molecule has 17 heavy (non-hydrogen) atoms. The van der Waals surface area contributed by atoms with Gasteiger partial charge in [0, 0.05) is 13.5 Å². The van der Waals surface area contributed by atoms with Crippen LogP contribution in [0.2, 0.25) is 0 Å². The van der Waals surface area contributed by atoms with Crippen LogP contribution in [0, 0.1) is 0 Å². The topological polar surface area (TPSA) is 53.4 Å². The summed E-state index contributed by atoms with van der Waals surface area (Å²) in [5, 5.41) is 4.01. The van der Waals surface area contributed by atoms with Crippen LogP contribution in [-0.2, 0) is 16.6 Å². The fourth-order valence-corrected chi connectivity index (χ4v) is 1.44. The molecule has 0 aliphatic heterocycles. The Kier molecular flexibility index (Phi) is 6.14. The number of hydrogen-bond acceptors (Lipinski definition) is 4. The number of esters is 1. The molecular weight excluding hydrogens is 220 g/mol. The molecule has 0 bridgehead atoms. The molecule has 0 spiro atoms. The number of carbonyl (C=O) groups is 1. The normalized spacial score (nSPS) is 10.2. The number of hydrogen-bond donors (Lipinski definition) is 0. The molecule has 1 aromatic rings. The second-order valence-electron chi connectivity index (χ2n) is 3.81. The number of rotatable bonds is 8. The van der Waals surface area contributed by atoms with Crippen molar-refractivity contribution >= 4 is 5.97 Å². The molecule has 5 nitrogen and oxygen atoms in total. The van der Waals surface area contributed by atoms with Crippen molar-refractivity contribution in [1.29, 1.82) is 0 Å². The number of unbranched alkanes of at least 4 members (excludes halogenated alkanes) is 2. The predicted octanol–water partition coefficient (Wildman–Crippen LogP) is 1.92. The van der Waals surface area contributed by atoms with Gasteiger partial charge in [0.15, 0.2) is 5.75 Å². The van der Waals surface area contributed by atoms with Crippen molar-refractivity contribution in [2.24, 2.45) is 7.05 Å². The fraction of sp³-hybridized carbons (Fsp3) is 0.667. The van der Waals surface area contributed by atoms with E-state index < -0.39 is 0 Å². The maximum absolute atomic E-state index is 11.0. The van der Waals surface area contributed by atoms with Gasteiger partial charge in [-0.25, -0.2) is 0 Å². The lowest BCUT2D eigenvalue weighted by atomic mass is 10.2. The minimum atomic E-state index is -0.110. The first-order valence-corrected chi connectivity index (χ1v) is 5.99. The molecule has 0 aromatic carbocycles. The van der Waals surface area contributed by atoms with Crippen molar-refractivity contribution in [1.82, 2.24) is 9.78 Å². The summed E-state index contributed by atoms with van der Waals surface area (Å²) in [5.41, 5.74) is 0. The Morgan fingerprint density at radius 2 is 2.24 bits per heavy atom. The van der Waals surface area contributed by atoms with Crippen LogP contribution in [-0.4, -0.2) is 29.0 Å². The maximum Gasteiger partial charge on any atom is 0.305 e. The molecule has 96 valence electrons. The molecule has 1 rings (SSSR count). The third-order valence-electron chi connectivity index (χ3n) is 2.28. The van der Waals surface area contributed by atoms with Gasteiger partial charge in [-0.05, 0) is 26.2 Å². The summed E-state index contributed by atoms with van der Waals surface area (Å²) in [6.07, 6.45) is 6.79. The molecule has 0 aliphatic carbocycles. The quantitative estimate of drug-likeness (QED) is 0.514. The van der Waals surface area contributed by atoms with Gasteiger partial charge in [-0.2, -0.15) is 5.10 Å². The second kappa shape index (κ2) is 7.70. The zero-order valence-corrected chi connectivity index (χ0v) is 10.5. The largest absolute Gasteiger partial charge is 0.490 e. The Morgan fingerprint density at radius 1 is 1.41 bits per heavy atom. The minimum Gasteiger partial charge on any atom is -0.490 e. The maximum atomic E-state index is 11.0. The monoisotopic (exact) mass is 240 g/mol. The highest BCUT2D eigenvalue weighted by atomic mass is 16.5. The van der Waals surface area contributed by atoms with Crippen LogP contribution in [0.15, 0.2) is 12.4 Å². The minimum absolute atomic E-state index is 0.110. The van der Waals surface area contributed by atoms with Gasteiger partial charge in [0.2, 0.25) is 0 Å². The summed E-state index contributed by atoms with van der Waals surface area (Å²) < 4.78 is 12.0. The first-order chi connectivity index (χ1) is 8.22. The van der Waals surface area contributed by atoms with Gasteiger partial charge in [0.05, 0.1) is 25.6 Å². The summed E-state index contributed by atoms with van der Waals surface area (Å²) in [6, 6.07) is 0. The molecule has 0 atom stereocenters. The van der Waals surface area contributed by atoms with Gasteiger partial charge in [-0.3, -0.25) is 9.48 Å². The second-order valence-corrected chi connectivity index (χ2v) is 3.81. The van der Waals surface area contributed by atoms with E-state index in [9.17, 15) is 4.79 Å². The summed E-state index contributed by atoms with van der Waals surface area (Å²) in [6.45, 7) is 2.94. The fourth-order valence-electron chi connectivity index (χ4n) is 1.44. The van der Waals surface area contributed by atoms with E-state index in [1.807, 2.05) is 20.2 Å². The van der Waals surface area contributed by atoms with Crippen molar-refractivity contribution in [2.45, 2.75) is 32.6 Å². The van der Waals surface area contributed by atoms with E-state index in [1.165, 1.54) is 0 Å². The molecule has 1 aromatic heterocycles. The molecule has 0 N–H and O–H groups in total. The van der Waals surface area contributed by atoms with Crippen molar-refractivity contribution in [3.8, 4) is 5.75 Å². The SMILES string of the molecule is CCOC(=O)CCCCCOc1cnn(C)c1. The molecule has 0 radical (unpaired) electrons. The van der Waals surface area contributed by atoms with E-state index >= 15 is 0 Å². The summed E-state index contributed by atoms with van der Waals surface area (Å²) >= 11 is 0. The van der Waals surface area contributed by atoms with E-state index in [2.05, 4.69) is 5.10 Å². The van der Waals surface area contributed by atoms with Gasteiger partial charge in [-0.1, -0.05) is 0 Å².